The standard InChI is InChI=1S/C28H38N2O4.ClH/c1-5-29(6-2)17-11-19-33-23-15-9-13-21-25(23)27(31)22-14-10-16-24(26(22)28(21)32)34-20-12-18-30(7-3)8-4;/h9-10,13-16H,5-8,11-12,17-20H2,1-4H3;1H. The van der Waals surface area contributed by atoms with Crippen molar-refractivity contribution < 1.29 is 19.1 Å². The Morgan fingerprint density at radius 3 is 1.34 bits per heavy atom. The van der Waals surface area contributed by atoms with Gasteiger partial charge in [-0.3, -0.25) is 9.59 Å². The normalized spacial score (nSPS) is 12.4. The zero-order valence-electron chi connectivity index (χ0n) is 21.5. The van der Waals surface area contributed by atoms with Crippen molar-refractivity contribution in [2.24, 2.45) is 0 Å². The van der Waals surface area contributed by atoms with E-state index in [2.05, 4.69) is 37.5 Å². The predicted octanol–water partition coefficient (Wildman–Crippen LogP) is 5.11. The van der Waals surface area contributed by atoms with Gasteiger partial charge in [0.05, 0.1) is 24.3 Å². The highest BCUT2D eigenvalue weighted by Gasteiger charge is 2.34. The van der Waals surface area contributed by atoms with Crippen LogP contribution in [0.4, 0.5) is 0 Å². The fourth-order valence-electron chi connectivity index (χ4n) is 4.44. The number of benzene rings is 2. The Bertz CT molecular complexity index is 907. The molecule has 0 fully saturated rings. The Morgan fingerprint density at radius 2 is 1.00 bits per heavy atom. The highest BCUT2D eigenvalue weighted by Crippen LogP contribution is 2.37. The van der Waals surface area contributed by atoms with E-state index in [4.69, 9.17) is 9.47 Å². The van der Waals surface area contributed by atoms with Crippen LogP contribution in [-0.2, 0) is 0 Å². The predicted molar refractivity (Wildman–Crippen MR) is 143 cm³/mol. The van der Waals surface area contributed by atoms with Crippen LogP contribution in [-0.4, -0.2) is 73.8 Å². The number of carbonyl (C=O) groups is 2. The van der Waals surface area contributed by atoms with Crippen LogP contribution < -0.4 is 9.47 Å². The molecule has 0 saturated carbocycles. The van der Waals surface area contributed by atoms with Crippen molar-refractivity contribution in [3.63, 3.8) is 0 Å². The monoisotopic (exact) mass is 502 g/mol. The summed E-state index contributed by atoms with van der Waals surface area (Å²) in [5.74, 6) is 0.591. The van der Waals surface area contributed by atoms with Gasteiger partial charge in [-0.1, -0.05) is 52.0 Å². The quantitative estimate of drug-likeness (QED) is 0.286. The minimum Gasteiger partial charge on any atom is -0.493 e. The first-order chi connectivity index (χ1) is 16.5. The van der Waals surface area contributed by atoms with E-state index < -0.39 is 0 Å². The van der Waals surface area contributed by atoms with Gasteiger partial charge in [-0.25, -0.2) is 0 Å². The average molecular weight is 503 g/mol. The summed E-state index contributed by atoms with van der Waals surface area (Å²) in [6.45, 7) is 15.4. The molecule has 0 N–H and O–H groups in total. The lowest BCUT2D eigenvalue weighted by Crippen LogP contribution is -2.26. The number of halogens is 1. The Morgan fingerprint density at radius 1 is 0.629 bits per heavy atom. The van der Waals surface area contributed by atoms with Crippen molar-refractivity contribution in [3.8, 4) is 11.5 Å². The molecule has 1 aliphatic carbocycles. The molecule has 0 heterocycles. The van der Waals surface area contributed by atoms with E-state index in [0.717, 1.165) is 52.1 Å². The summed E-state index contributed by atoms with van der Waals surface area (Å²) in [4.78, 5) is 31.6. The molecule has 0 amide bonds. The molecule has 2 aromatic carbocycles. The smallest absolute Gasteiger partial charge is 0.198 e. The van der Waals surface area contributed by atoms with Crippen molar-refractivity contribution >= 4 is 24.0 Å². The van der Waals surface area contributed by atoms with E-state index in [1.807, 2.05) is 0 Å². The third kappa shape index (κ3) is 6.84. The first-order valence-corrected chi connectivity index (χ1v) is 12.6. The summed E-state index contributed by atoms with van der Waals surface area (Å²) < 4.78 is 12.0. The highest BCUT2D eigenvalue weighted by atomic mass is 35.5. The van der Waals surface area contributed by atoms with Crippen LogP contribution in [0.3, 0.4) is 0 Å². The molecule has 0 atom stereocenters. The van der Waals surface area contributed by atoms with Gasteiger partial charge in [0, 0.05) is 24.2 Å². The van der Waals surface area contributed by atoms with Crippen LogP contribution >= 0.6 is 12.4 Å². The molecule has 2 aromatic rings. The Kier molecular flexibility index (Phi) is 11.7. The van der Waals surface area contributed by atoms with E-state index >= 15 is 0 Å². The lowest BCUT2D eigenvalue weighted by atomic mass is 9.83. The number of carbonyl (C=O) groups excluding carboxylic acids is 2. The Labute approximate surface area is 216 Å². The Balaban J connectivity index is 0.00000432. The van der Waals surface area contributed by atoms with Crippen LogP contribution in [0.1, 0.15) is 72.4 Å². The van der Waals surface area contributed by atoms with Crippen molar-refractivity contribution in [2.45, 2.75) is 40.5 Å². The molecule has 0 saturated heterocycles. The van der Waals surface area contributed by atoms with Crippen LogP contribution in [0.5, 0.6) is 11.5 Å². The molecule has 0 aromatic heterocycles. The Hall–Kier alpha value is -2.41. The van der Waals surface area contributed by atoms with E-state index in [9.17, 15) is 9.59 Å². The molecule has 0 spiro atoms. The lowest BCUT2D eigenvalue weighted by molar-refractivity contribution is 0.0971. The molecule has 0 radical (unpaired) electrons. The molecule has 1 aliphatic rings. The number of hydrogen-bond acceptors (Lipinski definition) is 6. The summed E-state index contributed by atoms with van der Waals surface area (Å²) >= 11 is 0. The van der Waals surface area contributed by atoms with E-state index in [0.29, 0.717) is 47.0 Å². The van der Waals surface area contributed by atoms with Crippen molar-refractivity contribution in [1.29, 1.82) is 0 Å². The number of nitrogens with zero attached hydrogens (tertiary/aromatic N) is 2. The van der Waals surface area contributed by atoms with Crippen LogP contribution in [0.15, 0.2) is 36.4 Å². The number of ketones is 2. The van der Waals surface area contributed by atoms with Crippen molar-refractivity contribution in [3.05, 3.63) is 58.7 Å². The first kappa shape index (κ1) is 28.8. The fourth-order valence-corrected chi connectivity index (χ4v) is 4.44. The van der Waals surface area contributed by atoms with Crippen molar-refractivity contribution in [2.75, 3.05) is 52.5 Å². The maximum atomic E-state index is 13.5. The second-order valence-electron chi connectivity index (χ2n) is 8.47. The third-order valence-electron chi connectivity index (χ3n) is 6.54. The topological polar surface area (TPSA) is 59.1 Å². The van der Waals surface area contributed by atoms with Gasteiger partial charge in [-0.05, 0) is 51.2 Å². The number of rotatable bonds is 14. The zero-order valence-corrected chi connectivity index (χ0v) is 22.3. The first-order valence-electron chi connectivity index (χ1n) is 12.6. The molecule has 3 rings (SSSR count). The molecule has 6 nitrogen and oxygen atoms in total. The molecular formula is C28H39ClN2O4. The number of hydrogen-bond donors (Lipinski definition) is 0. The van der Waals surface area contributed by atoms with Gasteiger partial charge in [0.25, 0.3) is 0 Å². The number of fused-ring (bicyclic) bond motifs is 2. The van der Waals surface area contributed by atoms with Gasteiger partial charge in [0.15, 0.2) is 11.6 Å². The summed E-state index contributed by atoms with van der Waals surface area (Å²) in [6, 6.07) is 10.5. The highest BCUT2D eigenvalue weighted by molar-refractivity contribution is 6.30. The van der Waals surface area contributed by atoms with Gasteiger partial charge < -0.3 is 19.3 Å². The molecule has 0 aliphatic heterocycles. The number of ether oxygens (including phenoxy) is 2. The summed E-state index contributed by atoms with van der Waals surface area (Å²) in [5.41, 5.74) is 1.50. The third-order valence-corrected chi connectivity index (χ3v) is 6.54. The minimum atomic E-state index is -0.183. The molecule has 35 heavy (non-hydrogen) atoms. The SMILES string of the molecule is CCN(CC)CCCOc1cccc2c1C(=O)c1cccc(OCCCN(CC)CC)c1C2=O.Cl. The van der Waals surface area contributed by atoms with E-state index in [1.165, 1.54) is 0 Å². The van der Waals surface area contributed by atoms with E-state index in [1.54, 1.807) is 36.4 Å². The van der Waals surface area contributed by atoms with Gasteiger partial charge >= 0.3 is 0 Å². The molecule has 0 unspecified atom stereocenters. The van der Waals surface area contributed by atoms with Gasteiger partial charge in [-0.15, -0.1) is 12.4 Å². The van der Waals surface area contributed by atoms with Crippen LogP contribution in [0.25, 0.3) is 0 Å². The second kappa shape index (κ2) is 14.2. The summed E-state index contributed by atoms with van der Waals surface area (Å²) in [6.07, 6.45) is 1.71. The molecule has 192 valence electrons. The summed E-state index contributed by atoms with van der Waals surface area (Å²) in [7, 11) is 0. The van der Waals surface area contributed by atoms with E-state index in [-0.39, 0.29) is 24.0 Å². The van der Waals surface area contributed by atoms with Gasteiger partial charge in [-0.2, -0.15) is 0 Å². The zero-order chi connectivity index (χ0) is 24.5. The minimum absolute atomic E-state index is 0. The summed E-state index contributed by atoms with van der Waals surface area (Å²) in [5, 5.41) is 0. The lowest BCUT2D eigenvalue weighted by Gasteiger charge is -2.23. The largest absolute Gasteiger partial charge is 0.493 e. The molecule has 0 bridgehead atoms. The average Bonchev–Trinajstić information content (AvgIpc) is 2.87. The van der Waals surface area contributed by atoms with Crippen molar-refractivity contribution in [1.82, 2.24) is 9.80 Å². The fraction of sp³-hybridized carbons (Fsp3) is 0.500. The molecule has 7 heteroatoms. The van der Waals surface area contributed by atoms with Crippen LogP contribution in [0, 0.1) is 0 Å². The van der Waals surface area contributed by atoms with Gasteiger partial charge in [0.2, 0.25) is 0 Å². The van der Waals surface area contributed by atoms with Crippen LogP contribution in [0.2, 0.25) is 0 Å². The molecular weight excluding hydrogens is 464 g/mol. The maximum absolute atomic E-state index is 13.5. The second-order valence-corrected chi connectivity index (χ2v) is 8.47. The maximum Gasteiger partial charge on any atom is 0.198 e. The van der Waals surface area contributed by atoms with Gasteiger partial charge in [0.1, 0.15) is 11.5 Å².